The molecule has 0 spiro atoms. The monoisotopic (exact) mass is 336 g/mol. The highest BCUT2D eigenvalue weighted by Gasteiger charge is 2.34. The maximum Gasteiger partial charge on any atom is 0.418 e. The molecule has 2 aromatic rings. The van der Waals surface area contributed by atoms with Crippen LogP contribution >= 0.6 is 0 Å². The van der Waals surface area contributed by atoms with E-state index in [4.69, 9.17) is 16.2 Å². The van der Waals surface area contributed by atoms with Crippen LogP contribution in [0.4, 0.5) is 37.7 Å². The molecule has 2 aromatic carbocycles. The zero-order valence-electron chi connectivity index (χ0n) is 11.3. The van der Waals surface area contributed by atoms with Crippen LogP contribution < -0.4 is 16.2 Å². The molecule has 0 amide bonds. The first kappa shape index (κ1) is 16.8. The molecule has 9 heteroatoms. The van der Waals surface area contributed by atoms with Crippen LogP contribution in [0, 0.1) is 0 Å². The van der Waals surface area contributed by atoms with Crippen molar-refractivity contribution in [2.45, 2.75) is 12.4 Å². The molecule has 4 N–H and O–H groups in total. The molecule has 0 aliphatic carbocycles. The van der Waals surface area contributed by atoms with Crippen LogP contribution in [0.3, 0.4) is 0 Å². The second kappa shape index (κ2) is 5.56. The van der Waals surface area contributed by atoms with Crippen LogP contribution in [-0.2, 0) is 12.4 Å². The second-order valence-electron chi connectivity index (χ2n) is 4.60. The molecule has 124 valence electrons. The highest BCUT2D eigenvalue weighted by molar-refractivity contribution is 5.55. The third-order valence-corrected chi connectivity index (χ3v) is 2.90. The molecule has 23 heavy (non-hydrogen) atoms. The molecule has 0 aromatic heterocycles. The summed E-state index contributed by atoms with van der Waals surface area (Å²) in [6.07, 6.45) is -9.41. The van der Waals surface area contributed by atoms with Crippen LogP contribution in [0.15, 0.2) is 36.4 Å². The zero-order valence-corrected chi connectivity index (χ0v) is 11.3. The molecule has 0 atom stereocenters. The molecule has 0 unspecified atom stereocenters. The van der Waals surface area contributed by atoms with E-state index in [-0.39, 0.29) is 11.5 Å². The lowest BCUT2D eigenvalue weighted by Gasteiger charge is -2.14. The molecular formula is C14H10F6N2O. The minimum atomic E-state index is -4.71. The first-order valence-corrected chi connectivity index (χ1v) is 6.10. The molecule has 3 nitrogen and oxygen atoms in total. The Bertz CT molecular complexity index is 663. The number of nitrogens with two attached hydrogens (primary N) is 2. The van der Waals surface area contributed by atoms with E-state index < -0.39 is 34.9 Å². The van der Waals surface area contributed by atoms with Gasteiger partial charge in [-0.1, -0.05) is 0 Å². The fourth-order valence-electron chi connectivity index (χ4n) is 1.82. The van der Waals surface area contributed by atoms with Crippen molar-refractivity contribution >= 4 is 11.4 Å². The van der Waals surface area contributed by atoms with Gasteiger partial charge in [0.25, 0.3) is 0 Å². The van der Waals surface area contributed by atoms with E-state index in [1.807, 2.05) is 0 Å². The molecule has 0 saturated heterocycles. The SMILES string of the molecule is Nc1ccc(Oc2ccc(N)c(C(F)(F)F)c2)cc1C(F)(F)F. The van der Waals surface area contributed by atoms with E-state index in [1.165, 1.54) is 0 Å². The van der Waals surface area contributed by atoms with E-state index in [0.29, 0.717) is 12.1 Å². The molecule has 0 aliphatic rings. The maximum absolute atomic E-state index is 12.7. The Hall–Kier alpha value is -2.58. The largest absolute Gasteiger partial charge is 0.457 e. The third-order valence-electron chi connectivity index (χ3n) is 2.90. The van der Waals surface area contributed by atoms with E-state index in [0.717, 1.165) is 24.3 Å². The fraction of sp³-hybridized carbons (Fsp3) is 0.143. The molecule has 0 saturated carbocycles. The van der Waals surface area contributed by atoms with Gasteiger partial charge in [0, 0.05) is 11.4 Å². The number of nitrogen functional groups attached to an aromatic ring is 2. The van der Waals surface area contributed by atoms with Gasteiger partial charge in [0.1, 0.15) is 11.5 Å². The third kappa shape index (κ3) is 3.79. The van der Waals surface area contributed by atoms with Gasteiger partial charge in [-0.3, -0.25) is 0 Å². The average molecular weight is 336 g/mol. The summed E-state index contributed by atoms with van der Waals surface area (Å²) in [6, 6.07) is 5.38. The molecule has 0 fully saturated rings. The van der Waals surface area contributed by atoms with Gasteiger partial charge in [0.15, 0.2) is 0 Å². The summed E-state index contributed by atoms with van der Waals surface area (Å²) >= 11 is 0. The first-order chi connectivity index (χ1) is 10.5. The van der Waals surface area contributed by atoms with Gasteiger partial charge in [-0.25, -0.2) is 0 Å². The van der Waals surface area contributed by atoms with E-state index in [9.17, 15) is 26.3 Å². The molecule has 0 radical (unpaired) electrons. The number of anilines is 2. The molecular weight excluding hydrogens is 326 g/mol. The van der Waals surface area contributed by atoms with E-state index in [2.05, 4.69) is 0 Å². The quantitative estimate of drug-likeness (QED) is 0.618. The summed E-state index contributed by atoms with van der Waals surface area (Å²) in [5, 5.41) is 0. The minimum Gasteiger partial charge on any atom is -0.457 e. The Kier molecular flexibility index (Phi) is 4.06. The van der Waals surface area contributed by atoms with E-state index >= 15 is 0 Å². The molecule has 0 aliphatic heterocycles. The maximum atomic E-state index is 12.7. The topological polar surface area (TPSA) is 61.3 Å². The Labute approximate surface area is 126 Å². The summed E-state index contributed by atoms with van der Waals surface area (Å²) in [5.74, 6) is -0.603. The highest BCUT2D eigenvalue weighted by Crippen LogP contribution is 2.39. The normalized spacial score (nSPS) is 12.3. The molecule has 2 rings (SSSR count). The number of rotatable bonds is 2. The van der Waals surface area contributed by atoms with Gasteiger partial charge in [-0.05, 0) is 36.4 Å². The van der Waals surface area contributed by atoms with Crippen molar-refractivity contribution < 1.29 is 31.1 Å². The fourth-order valence-corrected chi connectivity index (χ4v) is 1.82. The predicted molar refractivity (Wildman–Crippen MR) is 71.8 cm³/mol. The number of hydrogen-bond donors (Lipinski definition) is 2. The van der Waals surface area contributed by atoms with Crippen LogP contribution in [0.2, 0.25) is 0 Å². The summed E-state index contributed by atoms with van der Waals surface area (Å²) in [4.78, 5) is 0. The van der Waals surface area contributed by atoms with E-state index in [1.54, 1.807) is 0 Å². The van der Waals surface area contributed by atoms with Crippen molar-refractivity contribution in [1.82, 2.24) is 0 Å². The number of halogens is 6. The zero-order chi connectivity index (χ0) is 17.4. The van der Waals surface area contributed by atoms with Gasteiger partial charge in [0.05, 0.1) is 11.1 Å². The Balaban J connectivity index is 2.37. The highest BCUT2D eigenvalue weighted by atomic mass is 19.4. The van der Waals surface area contributed by atoms with Gasteiger partial charge in [-0.2, -0.15) is 26.3 Å². The lowest BCUT2D eigenvalue weighted by atomic mass is 10.1. The second-order valence-corrected chi connectivity index (χ2v) is 4.60. The van der Waals surface area contributed by atoms with Crippen molar-refractivity contribution in [3.05, 3.63) is 47.5 Å². The van der Waals surface area contributed by atoms with Crippen LogP contribution in [0.1, 0.15) is 11.1 Å². The van der Waals surface area contributed by atoms with Crippen molar-refractivity contribution in [1.29, 1.82) is 0 Å². The summed E-state index contributed by atoms with van der Waals surface area (Å²) < 4.78 is 81.5. The minimum absolute atomic E-state index is 0.301. The summed E-state index contributed by atoms with van der Waals surface area (Å²) in [7, 11) is 0. The predicted octanol–water partition coefficient (Wildman–Crippen LogP) is 4.68. The first-order valence-electron chi connectivity index (χ1n) is 6.10. The summed E-state index contributed by atoms with van der Waals surface area (Å²) in [6.45, 7) is 0. The van der Waals surface area contributed by atoms with Gasteiger partial charge < -0.3 is 16.2 Å². The Morgan fingerprint density at radius 3 is 1.30 bits per heavy atom. The van der Waals surface area contributed by atoms with Gasteiger partial charge in [-0.15, -0.1) is 0 Å². The standard InChI is InChI=1S/C14H10F6N2O/c15-13(16,17)9-5-7(1-3-11(9)21)23-8-2-4-12(22)10(6-8)14(18,19)20/h1-6H,21-22H2. The van der Waals surface area contributed by atoms with Crippen molar-refractivity contribution in [3.8, 4) is 11.5 Å². The number of ether oxygens (including phenoxy) is 1. The smallest absolute Gasteiger partial charge is 0.418 e. The van der Waals surface area contributed by atoms with Crippen molar-refractivity contribution in [3.63, 3.8) is 0 Å². The van der Waals surface area contributed by atoms with Crippen LogP contribution in [0.5, 0.6) is 11.5 Å². The van der Waals surface area contributed by atoms with Crippen molar-refractivity contribution in [2.75, 3.05) is 11.5 Å². The van der Waals surface area contributed by atoms with Gasteiger partial charge in [0.2, 0.25) is 0 Å². The molecule has 0 heterocycles. The number of hydrogen-bond acceptors (Lipinski definition) is 3. The van der Waals surface area contributed by atoms with Gasteiger partial charge >= 0.3 is 12.4 Å². The Morgan fingerprint density at radius 1 is 0.652 bits per heavy atom. The number of benzene rings is 2. The molecule has 0 bridgehead atoms. The lowest BCUT2D eigenvalue weighted by Crippen LogP contribution is -2.09. The lowest BCUT2D eigenvalue weighted by molar-refractivity contribution is -0.137. The Morgan fingerprint density at radius 2 is 1.00 bits per heavy atom. The summed E-state index contributed by atoms with van der Waals surface area (Å²) in [5.41, 5.74) is 7.15. The van der Waals surface area contributed by atoms with Crippen LogP contribution in [-0.4, -0.2) is 0 Å². The average Bonchev–Trinajstić information content (AvgIpc) is 2.40. The number of alkyl halides is 6. The van der Waals surface area contributed by atoms with Crippen LogP contribution in [0.25, 0.3) is 0 Å². The van der Waals surface area contributed by atoms with Crippen molar-refractivity contribution in [2.24, 2.45) is 0 Å².